The van der Waals surface area contributed by atoms with Crippen LogP contribution in [0.1, 0.15) is 16.2 Å². The van der Waals surface area contributed by atoms with Crippen LogP contribution in [0.4, 0.5) is 14.5 Å². The Hall–Kier alpha value is -1.76. The number of anilines is 1. The summed E-state index contributed by atoms with van der Waals surface area (Å²) >= 11 is 2.84. The number of hydrogen-bond donors (Lipinski definition) is 1. The van der Waals surface area contributed by atoms with Crippen molar-refractivity contribution < 1.29 is 18.0 Å². The number of rotatable bonds is 2. The van der Waals surface area contributed by atoms with Crippen molar-refractivity contribution in [2.45, 2.75) is 6.92 Å². The molecule has 0 saturated carbocycles. The van der Waals surface area contributed by atoms with Gasteiger partial charge in [0.05, 0.1) is 15.9 Å². The van der Waals surface area contributed by atoms with E-state index in [0.717, 1.165) is 18.5 Å². The zero-order valence-electron chi connectivity index (χ0n) is 9.13. The fourth-order valence-corrected chi connectivity index (χ4v) is 1.63. The number of amides is 1. The van der Waals surface area contributed by atoms with Crippen LogP contribution in [0.5, 0.6) is 0 Å². The number of nitrogens with one attached hydrogen (secondary N) is 1. The molecule has 1 N–H and O–H groups in total. The normalized spacial score (nSPS) is 10.4. The topological polar surface area (TPSA) is 55.1 Å². The van der Waals surface area contributed by atoms with Crippen LogP contribution in [0.2, 0.25) is 0 Å². The largest absolute Gasteiger partial charge is 0.438 e. The maximum Gasteiger partial charge on any atom is 0.293 e. The van der Waals surface area contributed by atoms with Crippen LogP contribution in [0, 0.1) is 18.6 Å². The van der Waals surface area contributed by atoms with Gasteiger partial charge in [-0.25, -0.2) is 13.8 Å². The van der Waals surface area contributed by atoms with E-state index in [1.807, 2.05) is 0 Å². The van der Waals surface area contributed by atoms with E-state index in [9.17, 15) is 13.6 Å². The number of carbonyl (C=O) groups is 1. The highest BCUT2D eigenvalue weighted by molar-refractivity contribution is 9.10. The van der Waals surface area contributed by atoms with Crippen molar-refractivity contribution in [2.24, 2.45) is 0 Å². The molecule has 0 fully saturated rings. The molecule has 0 saturated heterocycles. The summed E-state index contributed by atoms with van der Waals surface area (Å²) in [5, 5.41) is 2.21. The molecule has 0 radical (unpaired) electrons. The maximum atomic E-state index is 13.5. The van der Waals surface area contributed by atoms with Crippen molar-refractivity contribution in [1.82, 2.24) is 4.98 Å². The van der Waals surface area contributed by atoms with Gasteiger partial charge in [-0.1, -0.05) is 0 Å². The van der Waals surface area contributed by atoms with Gasteiger partial charge in [-0.15, -0.1) is 0 Å². The molecular formula is C11H7BrF2N2O2. The summed E-state index contributed by atoms with van der Waals surface area (Å²) in [6.45, 7) is 1.57. The van der Waals surface area contributed by atoms with Gasteiger partial charge in [0, 0.05) is 6.07 Å². The van der Waals surface area contributed by atoms with Gasteiger partial charge in [0.25, 0.3) is 5.91 Å². The first-order valence-corrected chi connectivity index (χ1v) is 5.64. The average molecular weight is 317 g/mol. The van der Waals surface area contributed by atoms with Crippen LogP contribution in [0.3, 0.4) is 0 Å². The number of aryl methyl sites for hydroxylation is 1. The lowest BCUT2D eigenvalue weighted by Gasteiger charge is -2.06. The van der Waals surface area contributed by atoms with Crippen LogP contribution in [-0.2, 0) is 0 Å². The fourth-order valence-electron chi connectivity index (χ4n) is 1.32. The minimum Gasteiger partial charge on any atom is -0.438 e. The molecule has 0 aliphatic rings. The van der Waals surface area contributed by atoms with E-state index in [4.69, 9.17) is 4.42 Å². The molecule has 94 valence electrons. The lowest BCUT2D eigenvalue weighted by Crippen LogP contribution is -2.13. The molecular weight excluding hydrogens is 310 g/mol. The highest BCUT2D eigenvalue weighted by Gasteiger charge is 2.17. The summed E-state index contributed by atoms with van der Waals surface area (Å²) in [4.78, 5) is 15.4. The van der Waals surface area contributed by atoms with Crippen LogP contribution in [-0.4, -0.2) is 10.9 Å². The van der Waals surface area contributed by atoms with Crippen LogP contribution >= 0.6 is 15.9 Å². The van der Waals surface area contributed by atoms with Crippen LogP contribution in [0.15, 0.2) is 27.4 Å². The third-order valence-electron chi connectivity index (χ3n) is 2.21. The number of halogens is 3. The molecule has 0 aliphatic heterocycles. The van der Waals surface area contributed by atoms with Crippen molar-refractivity contribution in [3.05, 3.63) is 46.1 Å². The van der Waals surface area contributed by atoms with E-state index < -0.39 is 17.5 Å². The van der Waals surface area contributed by atoms with E-state index in [0.29, 0.717) is 5.69 Å². The van der Waals surface area contributed by atoms with Gasteiger partial charge in [0.15, 0.2) is 6.39 Å². The molecule has 1 aromatic heterocycles. The summed E-state index contributed by atoms with van der Waals surface area (Å²) in [6, 6.07) is 1.81. The second-order valence-corrected chi connectivity index (χ2v) is 4.32. The standard InChI is InChI=1S/C11H7BrF2N2O2/c1-5-10(18-4-15-5)11(17)16-9-3-7(13)6(12)2-8(9)14/h2-4H,1H3,(H,16,17). The van der Waals surface area contributed by atoms with Crippen LogP contribution in [0.25, 0.3) is 0 Å². The van der Waals surface area contributed by atoms with Crippen molar-refractivity contribution in [2.75, 3.05) is 5.32 Å². The van der Waals surface area contributed by atoms with Crippen LogP contribution < -0.4 is 5.32 Å². The lowest BCUT2D eigenvalue weighted by molar-refractivity contribution is 0.0995. The third kappa shape index (κ3) is 2.40. The first kappa shape index (κ1) is 12.7. The average Bonchev–Trinajstić information content (AvgIpc) is 2.72. The molecule has 0 unspecified atom stereocenters. The van der Waals surface area contributed by atoms with Gasteiger partial charge in [0.2, 0.25) is 5.76 Å². The molecule has 0 atom stereocenters. The van der Waals surface area contributed by atoms with Gasteiger partial charge < -0.3 is 9.73 Å². The SMILES string of the molecule is Cc1ncoc1C(=O)Nc1cc(F)c(Br)cc1F. The number of nitrogens with zero attached hydrogens (tertiary/aromatic N) is 1. The maximum absolute atomic E-state index is 13.5. The summed E-state index contributed by atoms with van der Waals surface area (Å²) in [7, 11) is 0. The predicted octanol–water partition coefficient (Wildman–Crippen LogP) is 3.28. The van der Waals surface area contributed by atoms with Crippen molar-refractivity contribution >= 4 is 27.5 Å². The van der Waals surface area contributed by atoms with E-state index in [1.165, 1.54) is 0 Å². The molecule has 1 amide bonds. The Bertz CT molecular complexity index is 613. The number of carbonyl (C=O) groups excluding carboxylic acids is 1. The van der Waals surface area contributed by atoms with Crippen molar-refractivity contribution in [3.63, 3.8) is 0 Å². The zero-order valence-corrected chi connectivity index (χ0v) is 10.7. The van der Waals surface area contributed by atoms with Gasteiger partial charge in [-0.2, -0.15) is 0 Å². The van der Waals surface area contributed by atoms with E-state index >= 15 is 0 Å². The van der Waals surface area contributed by atoms with Crippen molar-refractivity contribution in [3.8, 4) is 0 Å². The third-order valence-corrected chi connectivity index (χ3v) is 2.82. The Morgan fingerprint density at radius 3 is 2.72 bits per heavy atom. The molecule has 1 aromatic carbocycles. The zero-order chi connectivity index (χ0) is 13.3. The van der Waals surface area contributed by atoms with Gasteiger partial charge >= 0.3 is 0 Å². The summed E-state index contributed by atoms with van der Waals surface area (Å²) in [6.07, 6.45) is 1.10. The van der Waals surface area contributed by atoms with E-state index in [1.54, 1.807) is 6.92 Å². The summed E-state index contributed by atoms with van der Waals surface area (Å²) in [5.74, 6) is -2.17. The van der Waals surface area contributed by atoms with Gasteiger partial charge in [-0.3, -0.25) is 4.79 Å². The smallest absolute Gasteiger partial charge is 0.293 e. The number of hydrogen-bond acceptors (Lipinski definition) is 3. The van der Waals surface area contributed by atoms with Gasteiger partial charge in [0.1, 0.15) is 11.6 Å². The quantitative estimate of drug-likeness (QED) is 0.865. The first-order chi connectivity index (χ1) is 8.49. The molecule has 2 aromatic rings. The molecule has 0 bridgehead atoms. The second-order valence-electron chi connectivity index (χ2n) is 3.47. The lowest BCUT2D eigenvalue weighted by atomic mass is 10.2. The summed E-state index contributed by atoms with van der Waals surface area (Å²) in [5.41, 5.74) is 0.0991. The second kappa shape index (κ2) is 4.85. The molecule has 18 heavy (non-hydrogen) atoms. The fraction of sp³-hybridized carbons (Fsp3) is 0.0909. The first-order valence-electron chi connectivity index (χ1n) is 4.85. The molecule has 1 heterocycles. The minimum atomic E-state index is -0.756. The Morgan fingerprint density at radius 2 is 2.11 bits per heavy atom. The van der Waals surface area contributed by atoms with Crippen molar-refractivity contribution in [1.29, 1.82) is 0 Å². The Morgan fingerprint density at radius 1 is 1.39 bits per heavy atom. The van der Waals surface area contributed by atoms with E-state index in [2.05, 4.69) is 26.2 Å². The molecule has 0 aliphatic carbocycles. The monoisotopic (exact) mass is 316 g/mol. The van der Waals surface area contributed by atoms with Gasteiger partial charge in [-0.05, 0) is 28.9 Å². The number of aromatic nitrogens is 1. The molecule has 2 rings (SSSR count). The Balaban J connectivity index is 2.28. The Kier molecular flexibility index (Phi) is 3.42. The highest BCUT2D eigenvalue weighted by Crippen LogP contribution is 2.24. The highest BCUT2D eigenvalue weighted by atomic mass is 79.9. The molecule has 7 heteroatoms. The summed E-state index contributed by atoms with van der Waals surface area (Å²) < 4.78 is 31.5. The Labute approximate surface area is 109 Å². The minimum absolute atomic E-state index is 0.0196. The predicted molar refractivity (Wildman–Crippen MR) is 63.3 cm³/mol. The molecule has 0 spiro atoms. The number of benzene rings is 1. The number of oxazole rings is 1. The van der Waals surface area contributed by atoms with E-state index in [-0.39, 0.29) is 15.9 Å². The molecule has 4 nitrogen and oxygen atoms in total.